The standard InChI is InChI=1S/C24H22FN3O3S2/c1-14(31-17-5-7-20(26-12-17)23(29)15-2-3-15)22-11-21(27-33-22)16-4-6-18(19(25)10-16)24(30)28-8-9-32-13-28/h4-7,10-12,14-15H,2-3,8-9,13H2,1H3/t14-/m1/s1. The van der Waals surface area contributed by atoms with E-state index in [1.807, 2.05) is 13.0 Å². The van der Waals surface area contributed by atoms with Crippen molar-refractivity contribution in [2.24, 2.45) is 5.92 Å². The second-order valence-corrected chi connectivity index (χ2v) is 10.1. The number of carbonyl (C=O) groups is 2. The molecule has 5 rings (SSSR count). The van der Waals surface area contributed by atoms with Gasteiger partial charge in [0.2, 0.25) is 0 Å². The maximum absolute atomic E-state index is 14.7. The molecule has 9 heteroatoms. The van der Waals surface area contributed by atoms with Gasteiger partial charge in [-0.2, -0.15) is 4.37 Å². The summed E-state index contributed by atoms with van der Waals surface area (Å²) < 4.78 is 25.1. The van der Waals surface area contributed by atoms with E-state index in [0.29, 0.717) is 35.1 Å². The van der Waals surface area contributed by atoms with Crippen LogP contribution in [0.5, 0.6) is 5.75 Å². The lowest BCUT2D eigenvalue weighted by molar-refractivity contribution is 0.0798. The van der Waals surface area contributed by atoms with Gasteiger partial charge in [-0.05, 0) is 61.6 Å². The lowest BCUT2D eigenvalue weighted by Gasteiger charge is -2.15. The van der Waals surface area contributed by atoms with Crippen LogP contribution in [0.1, 0.15) is 51.6 Å². The molecular weight excluding hydrogens is 461 g/mol. The molecule has 1 aromatic carbocycles. The van der Waals surface area contributed by atoms with Gasteiger partial charge in [0.25, 0.3) is 5.91 Å². The number of halogens is 1. The van der Waals surface area contributed by atoms with Gasteiger partial charge in [-0.15, -0.1) is 11.8 Å². The zero-order chi connectivity index (χ0) is 22.9. The monoisotopic (exact) mass is 483 g/mol. The van der Waals surface area contributed by atoms with Crippen LogP contribution >= 0.6 is 23.3 Å². The minimum Gasteiger partial charge on any atom is -0.484 e. The van der Waals surface area contributed by atoms with E-state index in [0.717, 1.165) is 23.5 Å². The molecule has 1 saturated carbocycles. The summed E-state index contributed by atoms with van der Waals surface area (Å²) >= 11 is 2.94. The number of nitrogens with zero attached hydrogens (tertiary/aromatic N) is 3. The Bertz CT molecular complexity index is 1190. The van der Waals surface area contributed by atoms with E-state index in [9.17, 15) is 14.0 Å². The van der Waals surface area contributed by atoms with E-state index in [2.05, 4.69) is 9.36 Å². The Morgan fingerprint density at radius 3 is 2.73 bits per heavy atom. The molecule has 33 heavy (non-hydrogen) atoms. The van der Waals surface area contributed by atoms with E-state index in [1.54, 1.807) is 41.1 Å². The number of amides is 1. The van der Waals surface area contributed by atoms with Crippen molar-refractivity contribution >= 4 is 35.0 Å². The topological polar surface area (TPSA) is 72.4 Å². The highest BCUT2D eigenvalue weighted by molar-refractivity contribution is 7.99. The fraction of sp³-hybridized carbons (Fsp3) is 0.333. The van der Waals surface area contributed by atoms with Crippen molar-refractivity contribution in [1.82, 2.24) is 14.3 Å². The first-order valence-electron chi connectivity index (χ1n) is 10.8. The van der Waals surface area contributed by atoms with Crippen molar-refractivity contribution in [2.45, 2.75) is 25.9 Å². The Hall–Kier alpha value is -2.78. The van der Waals surface area contributed by atoms with E-state index in [4.69, 9.17) is 4.74 Å². The highest BCUT2D eigenvalue weighted by Gasteiger charge is 2.31. The van der Waals surface area contributed by atoms with Gasteiger partial charge in [-0.25, -0.2) is 9.37 Å². The van der Waals surface area contributed by atoms with Crippen molar-refractivity contribution < 1.29 is 18.7 Å². The summed E-state index contributed by atoms with van der Waals surface area (Å²) in [6.07, 6.45) is 3.17. The summed E-state index contributed by atoms with van der Waals surface area (Å²) in [7, 11) is 0. The molecule has 2 fully saturated rings. The van der Waals surface area contributed by atoms with Gasteiger partial charge in [0.1, 0.15) is 23.4 Å². The average molecular weight is 484 g/mol. The molecule has 1 atom stereocenters. The van der Waals surface area contributed by atoms with Crippen LogP contribution in [0.15, 0.2) is 42.6 Å². The number of Topliss-reactive ketones (excluding diaryl/α,β-unsaturated/α-hetero) is 1. The summed E-state index contributed by atoms with van der Waals surface area (Å²) in [6.45, 7) is 2.55. The Morgan fingerprint density at radius 2 is 2.06 bits per heavy atom. The third-order valence-corrected chi connectivity index (χ3v) is 7.63. The van der Waals surface area contributed by atoms with Crippen LogP contribution < -0.4 is 4.74 Å². The number of ketones is 1. The Morgan fingerprint density at radius 1 is 1.21 bits per heavy atom. The molecule has 6 nitrogen and oxygen atoms in total. The first-order valence-corrected chi connectivity index (χ1v) is 12.7. The minimum atomic E-state index is -0.542. The maximum atomic E-state index is 14.7. The van der Waals surface area contributed by atoms with Gasteiger partial charge >= 0.3 is 0 Å². The van der Waals surface area contributed by atoms with Crippen LogP contribution in [0, 0.1) is 11.7 Å². The van der Waals surface area contributed by atoms with Gasteiger partial charge in [0.05, 0.1) is 28.2 Å². The highest BCUT2D eigenvalue weighted by Crippen LogP contribution is 2.33. The van der Waals surface area contributed by atoms with Gasteiger partial charge in [-0.1, -0.05) is 6.07 Å². The smallest absolute Gasteiger partial charge is 0.257 e. The lowest BCUT2D eigenvalue weighted by Crippen LogP contribution is -2.28. The zero-order valence-electron chi connectivity index (χ0n) is 18.0. The third-order valence-electron chi connectivity index (χ3n) is 5.71. The molecule has 1 saturated heterocycles. The molecule has 3 aromatic rings. The Labute approximate surface area is 199 Å². The van der Waals surface area contributed by atoms with Crippen LogP contribution in [0.3, 0.4) is 0 Å². The molecule has 1 aliphatic heterocycles. The first kappa shape index (κ1) is 22.0. The number of pyridine rings is 1. The molecule has 0 spiro atoms. The molecule has 0 radical (unpaired) electrons. The summed E-state index contributed by atoms with van der Waals surface area (Å²) in [6, 6.07) is 9.94. The molecule has 2 aliphatic rings. The van der Waals surface area contributed by atoms with Gasteiger partial charge in [0, 0.05) is 23.8 Å². The van der Waals surface area contributed by atoms with Crippen molar-refractivity contribution in [3.63, 3.8) is 0 Å². The predicted molar refractivity (Wildman–Crippen MR) is 126 cm³/mol. The molecule has 1 aliphatic carbocycles. The van der Waals surface area contributed by atoms with E-state index < -0.39 is 5.82 Å². The minimum absolute atomic E-state index is 0.0875. The van der Waals surface area contributed by atoms with Crippen molar-refractivity contribution in [1.29, 1.82) is 0 Å². The summed E-state index contributed by atoms with van der Waals surface area (Å²) in [5.41, 5.74) is 1.80. The van der Waals surface area contributed by atoms with Crippen molar-refractivity contribution in [3.05, 3.63) is 64.5 Å². The van der Waals surface area contributed by atoms with Crippen molar-refractivity contribution in [3.8, 4) is 17.0 Å². The molecule has 3 heterocycles. The zero-order valence-corrected chi connectivity index (χ0v) is 19.6. The molecule has 1 amide bonds. The summed E-state index contributed by atoms with van der Waals surface area (Å²) in [5.74, 6) is 1.47. The quantitative estimate of drug-likeness (QED) is 0.429. The number of hydrogen-bond donors (Lipinski definition) is 0. The molecule has 0 N–H and O–H groups in total. The fourth-order valence-electron chi connectivity index (χ4n) is 3.62. The summed E-state index contributed by atoms with van der Waals surface area (Å²) in [4.78, 5) is 31.4. The second-order valence-electron chi connectivity index (χ2n) is 8.19. The number of ether oxygens (including phenoxy) is 1. The Kier molecular flexibility index (Phi) is 6.16. The number of aromatic nitrogens is 2. The molecule has 170 valence electrons. The molecule has 0 unspecified atom stereocenters. The van der Waals surface area contributed by atoms with E-state index >= 15 is 0 Å². The highest BCUT2D eigenvalue weighted by atomic mass is 32.2. The number of rotatable bonds is 7. The molecule has 0 bridgehead atoms. The first-order chi connectivity index (χ1) is 16.0. The molecule has 2 aromatic heterocycles. The largest absolute Gasteiger partial charge is 0.484 e. The van der Waals surface area contributed by atoms with Crippen LogP contribution in [0.4, 0.5) is 4.39 Å². The number of hydrogen-bond acceptors (Lipinski definition) is 7. The van der Waals surface area contributed by atoms with Crippen LogP contribution in [-0.2, 0) is 0 Å². The Balaban J connectivity index is 1.26. The number of thioether (sulfide) groups is 1. The lowest BCUT2D eigenvalue weighted by atomic mass is 10.1. The van der Waals surface area contributed by atoms with E-state index in [-0.39, 0.29) is 29.3 Å². The van der Waals surface area contributed by atoms with Gasteiger partial charge in [-0.3, -0.25) is 9.59 Å². The molecular formula is C24H22FN3O3S2. The number of benzene rings is 1. The van der Waals surface area contributed by atoms with Crippen LogP contribution in [0.25, 0.3) is 11.3 Å². The summed E-state index contributed by atoms with van der Waals surface area (Å²) in [5, 5.41) is 0. The third kappa shape index (κ3) is 4.79. The number of carbonyl (C=O) groups excluding carboxylic acids is 2. The van der Waals surface area contributed by atoms with Gasteiger partial charge < -0.3 is 9.64 Å². The maximum Gasteiger partial charge on any atom is 0.257 e. The second kappa shape index (κ2) is 9.23. The van der Waals surface area contributed by atoms with Crippen LogP contribution in [0.2, 0.25) is 0 Å². The van der Waals surface area contributed by atoms with Gasteiger partial charge in [0.15, 0.2) is 5.78 Å². The van der Waals surface area contributed by atoms with Crippen LogP contribution in [-0.4, -0.2) is 44.1 Å². The van der Waals surface area contributed by atoms with E-state index in [1.165, 1.54) is 23.7 Å². The average Bonchev–Trinajstić information content (AvgIpc) is 3.31. The normalized spacial score (nSPS) is 16.6. The SMILES string of the molecule is C[C@@H](Oc1ccc(C(=O)C2CC2)nc1)c1cc(-c2ccc(C(=O)N3CCSC3)c(F)c2)ns1. The van der Waals surface area contributed by atoms with Crippen molar-refractivity contribution in [2.75, 3.05) is 18.2 Å². The fourth-order valence-corrected chi connectivity index (χ4v) is 5.29. The predicted octanol–water partition coefficient (Wildman–Crippen LogP) is 5.22.